The largest absolute Gasteiger partial charge is 0.507 e. The van der Waals surface area contributed by atoms with E-state index in [4.69, 9.17) is 23.7 Å². The fourth-order valence-electron chi connectivity index (χ4n) is 4.06. The highest BCUT2D eigenvalue weighted by atomic mass is 16.7. The number of methoxy groups -OCH3 is 1. The van der Waals surface area contributed by atoms with Crippen molar-refractivity contribution in [3.05, 3.63) is 35.4 Å². The van der Waals surface area contributed by atoms with Gasteiger partial charge in [0.2, 0.25) is 13.6 Å². The molecule has 1 unspecified atom stereocenters. The Balaban J connectivity index is 1.67. The molecular weight excluding hydrogens is 350 g/mol. The SMILES string of the molecule is COc1cc2c(cc1C(c1cc3c(cc1O)OCO3)N1CCCC1)OCO2. The maximum absolute atomic E-state index is 10.8. The molecule has 1 N–H and O–H groups in total. The second kappa shape index (κ2) is 6.42. The van der Waals surface area contributed by atoms with Gasteiger partial charge in [0.1, 0.15) is 11.5 Å². The van der Waals surface area contributed by atoms with Crippen LogP contribution in [0.1, 0.15) is 30.0 Å². The Kier molecular flexibility index (Phi) is 3.89. The molecule has 3 aliphatic heterocycles. The number of nitrogens with zero attached hydrogens (tertiary/aromatic N) is 1. The minimum Gasteiger partial charge on any atom is -0.507 e. The number of phenols is 1. The maximum Gasteiger partial charge on any atom is 0.231 e. The zero-order valence-corrected chi connectivity index (χ0v) is 15.1. The Morgan fingerprint density at radius 2 is 1.41 bits per heavy atom. The fraction of sp³-hybridized carbons (Fsp3) is 0.400. The number of ether oxygens (including phenoxy) is 5. The lowest BCUT2D eigenvalue weighted by Gasteiger charge is -2.30. The van der Waals surface area contributed by atoms with Gasteiger partial charge in [-0.3, -0.25) is 4.90 Å². The van der Waals surface area contributed by atoms with Crippen LogP contribution in [0.3, 0.4) is 0 Å². The van der Waals surface area contributed by atoms with Crippen LogP contribution in [0, 0.1) is 0 Å². The molecule has 0 bridgehead atoms. The van der Waals surface area contributed by atoms with Gasteiger partial charge < -0.3 is 28.8 Å². The molecule has 2 aromatic carbocycles. The lowest BCUT2D eigenvalue weighted by molar-refractivity contribution is 0.173. The van der Waals surface area contributed by atoms with Crippen LogP contribution in [0.5, 0.6) is 34.5 Å². The Morgan fingerprint density at radius 3 is 2.04 bits per heavy atom. The molecule has 2 aromatic rings. The molecule has 0 aliphatic carbocycles. The lowest BCUT2D eigenvalue weighted by atomic mass is 9.94. The molecule has 7 nitrogen and oxygen atoms in total. The van der Waals surface area contributed by atoms with Crippen LogP contribution in [0.15, 0.2) is 24.3 Å². The highest BCUT2D eigenvalue weighted by molar-refractivity contribution is 5.59. The summed E-state index contributed by atoms with van der Waals surface area (Å²) < 4.78 is 27.7. The summed E-state index contributed by atoms with van der Waals surface area (Å²) in [5.74, 6) is 3.45. The molecule has 5 rings (SSSR count). The first-order valence-electron chi connectivity index (χ1n) is 9.08. The highest BCUT2D eigenvalue weighted by Gasteiger charge is 2.33. The van der Waals surface area contributed by atoms with Crippen LogP contribution < -0.4 is 23.7 Å². The van der Waals surface area contributed by atoms with E-state index < -0.39 is 0 Å². The van der Waals surface area contributed by atoms with Crippen molar-refractivity contribution in [2.45, 2.75) is 18.9 Å². The van der Waals surface area contributed by atoms with Crippen molar-refractivity contribution in [3.8, 4) is 34.5 Å². The van der Waals surface area contributed by atoms with Crippen molar-refractivity contribution in [2.24, 2.45) is 0 Å². The minimum absolute atomic E-state index is 0.167. The number of phenolic OH excluding ortho intramolecular Hbond substituents is 1. The third kappa shape index (κ3) is 2.70. The summed E-state index contributed by atoms with van der Waals surface area (Å²) in [6, 6.07) is 7.11. The lowest BCUT2D eigenvalue weighted by Crippen LogP contribution is -2.27. The van der Waals surface area contributed by atoms with Gasteiger partial charge in [0, 0.05) is 23.3 Å². The second-order valence-corrected chi connectivity index (χ2v) is 6.86. The molecule has 1 fully saturated rings. The van der Waals surface area contributed by atoms with Gasteiger partial charge in [0.05, 0.1) is 13.2 Å². The standard InChI is InChI=1S/C20H21NO6/c1-23-15-9-19-17(25-11-27-19)7-13(15)20(21-4-2-3-5-21)12-6-16-18(8-14(12)22)26-10-24-16/h6-9,20,22H,2-5,10-11H2,1H3. The van der Waals surface area contributed by atoms with E-state index in [1.807, 2.05) is 18.2 Å². The van der Waals surface area contributed by atoms with Gasteiger partial charge in [0.15, 0.2) is 23.0 Å². The Morgan fingerprint density at radius 1 is 0.852 bits per heavy atom. The summed E-state index contributed by atoms with van der Waals surface area (Å²) in [4.78, 5) is 2.34. The molecule has 27 heavy (non-hydrogen) atoms. The Bertz CT molecular complexity index is 877. The van der Waals surface area contributed by atoms with E-state index in [0.29, 0.717) is 28.7 Å². The molecule has 7 heteroatoms. The number of hydrogen-bond donors (Lipinski definition) is 1. The molecule has 3 aliphatic rings. The highest BCUT2D eigenvalue weighted by Crippen LogP contribution is 2.48. The van der Waals surface area contributed by atoms with E-state index in [9.17, 15) is 5.11 Å². The normalized spacial score (nSPS) is 18.7. The third-order valence-electron chi connectivity index (χ3n) is 5.34. The molecule has 1 saturated heterocycles. The smallest absolute Gasteiger partial charge is 0.231 e. The zero-order valence-electron chi connectivity index (χ0n) is 15.1. The van der Waals surface area contributed by atoms with E-state index >= 15 is 0 Å². The van der Waals surface area contributed by atoms with E-state index in [1.54, 1.807) is 13.2 Å². The summed E-state index contributed by atoms with van der Waals surface area (Å²) in [7, 11) is 1.64. The Labute approximate surface area is 157 Å². The number of benzene rings is 2. The van der Waals surface area contributed by atoms with Gasteiger partial charge in [-0.25, -0.2) is 0 Å². The average Bonchev–Trinajstić information content (AvgIpc) is 3.42. The molecule has 0 saturated carbocycles. The summed E-state index contributed by atoms with van der Waals surface area (Å²) in [6.45, 7) is 2.25. The van der Waals surface area contributed by atoms with Gasteiger partial charge >= 0.3 is 0 Å². The summed E-state index contributed by atoms with van der Waals surface area (Å²) in [6.07, 6.45) is 2.24. The maximum atomic E-state index is 10.8. The predicted molar refractivity (Wildman–Crippen MR) is 96.0 cm³/mol. The molecule has 0 amide bonds. The zero-order chi connectivity index (χ0) is 18.4. The first-order valence-corrected chi connectivity index (χ1v) is 9.08. The molecule has 3 heterocycles. The van der Waals surface area contributed by atoms with Crippen LogP contribution in [-0.2, 0) is 0 Å². The van der Waals surface area contributed by atoms with Crippen LogP contribution in [0.4, 0.5) is 0 Å². The average molecular weight is 371 g/mol. The van der Waals surface area contributed by atoms with Crippen molar-refractivity contribution in [1.82, 2.24) is 4.90 Å². The molecule has 0 aromatic heterocycles. The van der Waals surface area contributed by atoms with Gasteiger partial charge in [-0.2, -0.15) is 0 Å². The molecule has 0 spiro atoms. The van der Waals surface area contributed by atoms with Crippen LogP contribution in [-0.4, -0.2) is 43.8 Å². The van der Waals surface area contributed by atoms with E-state index in [0.717, 1.165) is 37.1 Å². The van der Waals surface area contributed by atoms with Crippen molar-refractivity contribution >= 4 is 0 Å². The van der Waals surface area contributed by atoms with Crippen LogP contribution >= 0.6 is 0 Å². The van der Waals surface area contributed by atoms with Crippen molar-refractivity contribution < 1.29 is 28.8 Å². The first kappa shape index (κ1) is 16.4. The Hall–Kier alpha value is -2.80. The summed E-state index contributed by atoms with van der Waals surface area (Å²) in [5.41, 5.74) is 1.69. The first-order chi connectivity index (χ1) is 13.2. The van der Waals surface area contributed by atoms with Crippen LogP contribution in [0.25, 0.3) is 0 Å². The molecule has 0 radical (unpaired) electrons. The van der Waals surface area contributed by atoms with Gasteiger partial charge in [-0.15, -0.1) is 0 Å². The van der Waals surface area contributed by atoms with Gasteiger partial charge in [0.25, 0.3) is 0 Å². The van der Waals surface area contributed by atoms with E-state index in [1.165, 1.54) is 0 Å². The second-order valence-electron chi connectivity index (χ2n) is 6.86. The van der Waals surface area contributed by atoms with Gasteiger partial charge in [-0.1, -0.05) is 0 Å². The topological polar surface area (TPSA) is 69.6 Å². The minimum atomic E-state index is -0.188. The van der Waals surface area contributed by atoms with Gasteiger partial charge in [-0.05, 0) is 38.1 Å². The predicted octanol–water partition coefficient (Wildman–Crippen LogP) is 3.04. The molecule has 142 valence electrons. The monoisotopic (exact) mass is 371 g/mol. The third-order valence-corrected chi connectivity index (χ3v) is 5.34. The fourth-order valence-corrected chi connectivity index (χ4v) is 4.06. The number of aromatic hydroxyl groups is 1. The molecule has 1 atom stereocenters. The van der Waals surface area contributed by atoms with Crippen molar-refractivity contribution in [2.75, 3.05) is 33.8 Å². The number of hydrogen-bond acceptors (Lipinski definition) is 7. The van der Waals surface area contributed by atoms with E-state index in [-0.39, 0.29) is 25.4 Å². The summed E-state index contributed by atoms with van der Waals surface area (Å²) in [5, 5.41) is 10.8. The van der Waals surface area contributed by atoms with Crippen molar-refractivity contribution in [3.63, 3.8) is 0 Å². The number of likely N-dealkylation sites (tertiary alicyclic amines) is 1. The van der Waals surface area contributed by atoms with Crippen LogP contribution in [0.2, 0.25) is 0 Å². The van der Waals surface area contributed by atoms with E-state index in [2.05, 4.69) is 4.90 Å². The van der Waals surface area contributed by atoms with Crippen molar-refractivity contribution in [1.29, 1.82) is 0 Å². The number of rotatable bonds is 4. The number of fused-ring (bicyclic) bond motifs is 2. The quantitative estimate of drug-likeness (QED) is 0.886. The molecular formula is C20H21NO6. The summed E-state index contributed by atoms with van der Waals surface area (Å²) >= 11 is 0.